The molecule has 4 nitrogen and oxygen atoms in total. The largest absolute Gasteiger partial charge is 0.427 e. The van der Waals surface area contributed by atoms with E-state index >= 15 is 0 Å². The van der Waals surface area contributed by atoms with Gasteiger partial charge in [-0.25, -0.2) is 0 Å². The van der Waals surface area contributed by atoms with Gasteiger partial charge in [-0.1, -0.05) is 17.7 Å². The minimum Gasteiger partial charge on any atom is -0.427 e. The molecule has 0 atom stereocenters. The number of para-hydroxylation sites is 1. The summed E-state index contributed by atoms with van der Waals surface area (Å²) in [6.45, 7) is -3.12. The molecule has 0 fully saturated rings. The predicted molar refractivity (Wildman–Crippen MR) is 44.7 cm³/mol. The number of hydrogen-bond donors (Lipinski definition) is 0. The maximum Gasteiger partial charge on any atom is 0.387 e. The number of rotatable bonds is 3. The molecule has 7 heteroatoms. The molecule has 0 aliphatic heterocycles. The smallest absolute Gasteiger partial charge is 0.387 e. The zero-order valence-electron chi connectivity index (χ0n) is 6.62. The van der Waals surface area contributed by atoms with E-state index in [0.29, 0.717) is 0 Å². The van der Waals surface area contributed by atoms with Crippen molar-refractivity contribution in [2.24, 2.45) is 0 Å². The first-order valence-electron chi connectivity index (χ1n) is 3.40. The van der Waals surface area contributed by atoms with Gasteiger partial charge in [0.15, 0.2) is 0 Å². The van der Waals surface area contributed by atoms with Crippen LogP contribution >= 0.6 is 11.6 Å². The second-order valence-electron chi connectivity index (χ2n) is 2.22. The molecule has 0 heterocycles. The molecule has 0 saturated carbocycles. The second-order valence-corrected chi connectivity index (χ2v) is 2.63. The summed E-state index contributed by atoms with van der Waals surface area (Å²) in [5, 5.41) is 10.2. The van der Waals surface area contributed by atoms with Crippen molar-refractivity contribution in [3.05, 3.63) is 33.3 Å². The van der Waals surface area contributed by atoms with Crippen molar-refractivity contribution >= 4 is 17.3 Å². The van der Waals surface area contributed by atoms with E-state index in [-0.39, 0.29) is 5.02 Å². The molecule has 0 unspecified atom stereocenters. The Hall–Kier alpha value is -1.43. The van der Waals surface area contributed by atoms with Gasteiger partial charge in [-0.05, 0) is 12.1 Å². The average molecular weight is 224 g/mol. The highest BCUT2D eigenvalue weighted by Gasteiger charge is 2.21. The topological polar surface area (TPSA) is 52.4 Å². The number of nitro benzene ring substituents is 1. The molecule has 1 aromatic carbocycles. The number of alkyl halides is 2. The standard InChI is InChI=1S/C7H4ClF2NO3/c8-4-2-1-3-5(14-7(9)10)6(4)11(12)13/h1-3,7H. The zero-order valence-corrected chi connectivity index (χ0v) is 7.37. The summed E-state index contributed by atoms with van der Waals surface area (Å²) in [4.78, 5) is 9.55. The highest BCUT2D eigenvalue weighted by Crippen LogP contribution is 2.34. The molecule has 76 valence electrons. The lowest BCUT2D eigenvalue weighted by molar-refractivity contribution is -0.386. The number of hydrogen-bond acceptors (Lipinski definition) is 3. The third-order valence-corrected chi connectivity index (χ3v) is 1.65. The van der Waals surface area contributed by atoms with Gasteiger partial charge in [-0.15, -0.1) is 0 Å². The van der Waals surface area contributed by atoms with Gasteiger partial charge >= 0.3 is 12.3 Å². The van der Waals surface area contributed by atoms with Crippen LogP contribution in [-0.2, 0) is 0 Å². The molecule has 1 aromatic rings. The van der Waals surface area contributed by atoms with Crippen LogP contribution in [0.15, 0.2) is 18.2 Å². The highest BCUT2D eigenvalue weighted by molar-refractivity contribution is 6.32. The Balaban J connectivity index is 3.14. The molecule has 0 saturated heterocycles. The lowest BCUT2D eigenvalue weighted by Gasteiger charge is -2.05. The minimum absolute atomic E-state index is 0.242. The molecular formula is C7H4ClF2NO3. The number of benzene rings is 1. The predicted octanol–water partition coefficient (Wildman–Crippen LogP) is 2.85. The van der Waals surface area contributed by atoms with Gasteiger partial charge in [0, 0.05) is 0 Å². The van der Waals surface area contributed by atoms with Crippen molar-refractivity contribution in [3.63, 3.8) is 0 Å². The molecule has 0 bridgehead atoms. The number of ether oxygens (including phenoxy) is 1. The molecule has 0 amide bonds. The van der Waals surface area contributed by atoms with E-state index in [1.807, 2.05) is 0 Å². The number of nitro groups is 1. The molecule has 14 heavy (non-hydrogen) atoms. The van der Waals surface area contributed by atoms with Gasteiger partial charge in [0.25, 0.3) is 0 Å². The molecule has 0 N–H and O–H groups in total. The van der Waals surface area contributed by atoms with Gasteiger partial charge in [0.2, 0.25) is 5.75 Å². The lowest BCUT2D eigenvalue weighted by Crippen LogP contribution is -2.04. The molecule has 1 rings (SSSR count). The Morgan fingerprint density at radius 3 is 2.64 bits per heavy atom. The van der Waals surface area contributed by atoms with E-state index < -0.39 is 23.0 Å². The summed E-state index contributed by atoms with van der Waals surface area (Å²) < 4.78 is 27.5. The quantitative estimate of drug-likeness (QED) is 0.585. The van der Waals surface area contributed by atoms with Crippen molar-refractivity contribution in [3.8, 4) is 5.75 Å². The van der Waals surface area contributed by atoms with Crippen LogP contribution in [0, 0.1) is 10.1 Å². The summed E-state index contributed by atoms with van der Waals surface area (Å²) >= 11 is 5.44. The fourth-order valence-corrected chi connectivity index (χ4v) is 1.10. The highest BCUT2D eigenvalue weighted by atomic mass is 35.5. The Morgan fingerprint density at radius 1 is 1.50 bits per heavy atom. The number of nitrogens with zero attached hydrogens (tertiary/aromatic N) is 1. The fraction of sp³-hybridized carbons (Fsp3) is 0.143. The lowest BCUT2D eigenvalue weighted by atomic mass is 10.3. The Kier molecular flexibility index (Phi) is 3.19. The SMILES string of the molecule is O=[N+]([O-])c1c(Cl)cccc1OC(F)F. The van der Waals surface area contributed by atoms with Crippen LogP contribution in [0.2, 0.25) is 5.02 Å². The number of halogens is 3. The van der Waals surface area contributed by atoms with Gasteiger partial charge < -0.3 is 4.74 Å². The van der Waals surface area contributed by atoms with Crippen molar-refractivity contribution in [1.82, 2.24) is 0 Å². The van der Waals surface area contributed by atoms with E-state index in [2.05, 4.69) is 4.74 Å². The Labute approximate surface area is 82.2 Å². The van der Waals surface area contributed by atoms with Crippen LogP contribution in [0.1, 0.15) is 0 Å². The van der Waals surface area contributed by atoms with E-state index in [1.54, 1.807) is 0 Å². The van der Waals surface area contributed by atoms with Gasteiger partial charge in [0.05, 0.1) is 4.92 Å². The van der Waals surface area contributed by atoms with Crippen LogP contribution in [0.3, 0.4) is 0 Å². The van der Waals surface area contributed by atoms with Crippen LogP contribution in [0.25, 0.3) is 0 Å². The molecule has 0 aliphatic rings. The van der Waals surface area contributed by atoms with Gasteiger partial charge in [0.1, 0.15) is 5.02 Å². The van der Waals surface area contributed by atoms with Gasteiger partial charge in [-0.2, -0.15) is 8.78 Å². The molecular weight excluding hydrogens is 220 g/mol. The monoisotopic (exact) mass is 223 g/mol. The first-order chi connectivity index (χ1) is 6.52. The first kappa shape index (κ1) is 10.6. The maximum atomic E-state index is 11.8. The summed E-state index contributed by atoms with van der Waals surface area (Å²) in [5.41, 5.74) is -0.658. The van der Waals surface area contributed by atoms with E-state index in [1.165, 1.54) is 12.1 Å². The van der Waals surface area contributed by atoms with Crippen molar-refractivity contribution in [2.45, 2.75) is 6.61 Å². The Bertz CT molecular complexity index is 359. The third kappa shape index (κ3) is 2.29. The third-order valence-electron chi connectivity index (χ3n) is 1.35. The first-order valence-corrected chi connectivity index (χ1v) is 3.78. The molecule has 0 aliphatic carbocycles. The van der Waals surface area contributed by atoms with Crippen LogP contribution in [0.5, 0.6) is 5.75 Å². The summed E-state index contributed by atoms with van der Waals surface area (Å²) in [6, 6.07) is 3.56. The summed E-state index contributed by atoms with van der Waals surface area (Å²) in [6.07, 6.45) is 0. The zero-order chi connectivity index (χ0) is 10.7. The van der Waals surface area contributed by atoms with Crippen molar-refractivity contribution in [1.29, 1.82) is 0 Å². The van der Waals surface area contributed by atoms with Crippen LogP contribution < -0.4 is 4.74 Å². The average Bonchev–Trinajstić information content (AvgIpc) is 2.01. The maximum absolute atomic E-state index is 11.8. The van der Waals surface area contributed by atoms with E-state index in [9.17, 15) is 18.9 Å². The molecule has 0 aromatic heterocycles. The summed E-state index contributed by atoms with van der Waals surface area (Å²) in [5.74, 6) is -0.544. The molecule has 0 radical (unpaired) electrons. The van der Waals surface area contributed by atoms with Crippen molar-refractivity contribution < 1.29 is 18.4 Å². The normalized spacial score (nSPS) is 10.3. The minimum atomic E-state index is -3.12. The van der Waals surface area contributed by atoms with Gasteiger partial charge in [-0.3, -0.25) is 10.1 Å². The van der Waals surface area contributed by atoms with E-state index in [4.69, 9.17) is 11.6 Å². The van der Waals surface area contributed by atoms with Crippen LogP contribution in [0.4, 0.5) is 14.5 Å². The molecule has 0 spiro atoms. The summed E-state index contributed by atoms with van der Waals surface area (Å²) in [7, 11) is 0. The van der Waals surface area contributed by atoms with Crippen molar-refractivity contribution in [2.75, 3.05) is 0 Å². The van der Waals surface area contributed by atoms with E-state index in [0.717, 1.165) is 6.07 Å². The fourth-order valence-electron chi connectivity index (χ4n) is 0.864. The Morgan fingerprint density at radius 2 is 2.14 bits per heavy atom. The van der Waals surface area contributed by atoms with Crippen LogP contribution in [-0.4, -0.2) is 11.5 Å². The second kappa shape index (κ2) is 4.19.